The van der Waals surface area contributed by atoms with Gasteiger partial charge in [-0.25, -0.2) is 0 Å². The highest BCUT2D eigenvalue weighted by Crippen LogP contribution is 2.35. The van der Waals surface area contributed by atoms with Crippen LogP contribution in [0.3, 0.4) is 0 Å². The minimum atomic E-state index is 0.533. The van der Waals surface area contributed by atoms with Gasteiger partial charge in [-0.2, -0.15) is 0 Å². The first-order valence-electron chi connectivity index (χ1n) is 4.47. The Morgan fingerprint density at radius 2 is 2.08 bits per heavy atom. The Balaban J connectivity index is 1.89. The van der Waals surface area contributed by atoms with Crippen molar-refractivity contribution in [1.82, 2.24) is 0 Å². The number of hydrogen-bond donors (Lipinski definition) is 0. The highest BCUT2D eigenvalue weighted by molar-refractivity contribution is 5.17. The van der Waals surface area contributed by atoms with Gasteiger partial charge in [-0.05, 0) is 24.3 Å². The molecule has 1 aromatic carbocycles. The Morgan fingerprint density at radius 1 is 1.33 bits per heavy atom. The predicted octanol–water partition coefficient (Wildman–Crippen LogP) is 2.26. The summed E-state index contributed by atoms with van der Waals surface area (Å²) in [4.78, 5) is 0. The number of ether oxygens (including phenoxy) is 1. The van der Waals surface area contributed by atoms with Crippen molar-refractivity contribution < 1.29 is 4.74 Å². The molecule has 0 amide bonds. The van der Waals surface area contributed by atoms with Crippen molar-refractivity contribution in [2.24, 2.45) is 5.92 Å². The number of methoxy groups -OCH3 is 1. The van der Waals surface area contributed by atoms with Crippen LogP contribution in [0.2, 0.25) is 0 Å². The van der Waals surface area contributed by atoms with Gasteiger partial charge in [0.2, 0.25) is 0 Å². The van der Waals surface area contributed by atoms with Crippen molar-refractivity contribution in [2.45, 2.75) is 18.9 Å². The summed E-state index contributed by atoms with van der Waals surface area (Å²) in [7, 11) is 1.80. The molecule has 12 heavy (non-hydrogen) atoms. The lowest BCUT2D eigenvalue weighted by Crippen LogP contribution is -1.94. The summed E-state index contributed by atoms with van der Waals surface area (Å²) in [5.74, 6) is 0.775. The summed E-state index contributed by atoms with van der Waals surface area (Å²) in [5, 5.41) is 0. The fraction of sp³-hybridized carbons (Fsp3) is 0.455. The molecule has 0 aromatic heterocycles. The largest absolute Gasteiger partial charge is 0.381 e. The van der Waals surface area contributed by atoms with Crippen molar-refractivity contribution in [1.29, 1.82) is 0 Å². The van der Waals surface area contributed by atoms with Crippen LogP contribution < -0.4 is 0 Å². The number of benzene rings is 1. The van der Waals surface area contributed by atoms with E-state index in [0.29, 0.717) is 6.10 Å². The summed E-state index contributed by atoms with van der Waals surface area (Å²) < 4.78 is 5.25. The van der Waals surface area contributed by atoms with E-state index >= 15 is 0 Å². The monoisotopic (exact) mass is 162 g/mol. The van der Waals surface area contributed by atoms with Crippen molar-refractivity contribution in [2.75, 3.05) is 7.11 Å². The molecule has 0 heterocycles. The highest BCUT2D eigenvalue weighted by atomic mass is 16.5. The standard InChI is InChI=1S/C11H14O/c1-12-11-8-10(11)7-9-5-3-2-4-6-9/h2-6,10-11H,7-8H2,1H3/t10-,11-/m1/s1. The van der Waals surface area contributed by atoms with Gasteiger partial charge in [-0.3, -0.25) is 0 Å². The summed E-state index contributed by atoms with van der Waals surface area (Å²) in [5.41, 5.74) is 1.43. The van der Waals surface area contributed by atoms with Crippen LogP contribution in [-0.4, -0.2) is 13.2 Å². The van der Waals surface area contributed by atoms with E-state index in [1.54, 1.807) is 7.11 Å². The topological polar surface area (TPSA) is 9.23 Å². The summed E-state index contributed by atoms with van der Waals surface area (Å²) in [6.45, 7) is 0. The Morgan fingerprint density at radius 3 is 2.67 bits per heavy atom. The maximum Gasteiger partial charge on any atom is 0.0607 e. The Bertz CT molecular complexity index is 242. The molecule has 0 radical (unpaired) electrons. The van der Waals surface area contributed by atoms with E-state index in [1.165, 1.54) is 18.4 Å². The molecule has 1 aliphatic rings. The van der Waals surface area contributed by atoms with E-state index in [2.05, 4.69) is 30.3 Å². The van der Waals surface area contributed by atoms with Crippen molar-refractivity contribution >= 4 is 0 Å². The van der Waals surface area contributed by atoms with Crippen LogP contribution in [0.4, 0.5) is 0 Å². The first kappa shape index (κ1) is 7.81. The van der Waals surface area contributed by atoms with E-state index < -0.39 is 0 Å². The number of hydrogen-bond acceptors (Lipinski definition) is 1. The molecule has 0 N–H and O–H groups in total. The molecule has 1 nitrogen and oxygen atoms in total. The molecule has 1 saturated carbocycles. The number of rotatable bonds is 3. The zero-order chi connectivity index (χ0) is 8.39. The molecule has 2 rings (SSSR count). The molecule has 0 spiro atoms. The van der Waals surface area contributed by atoms with E-state index in [0.717, 1.165) is 5.92 Å². The van der Waals surface area contributed by atoms with Crippen molar-refractivity contribution in [3.8, 4) is 0 Å². The van der Waals surface area contributed by atoms with Crippen LogP contribution in [0.15, 0.2) is 30.3 Å². The van der Waals surface area contributed by atoms with Crippen LogP contribution >= 0.6 is 0 Å². The van der Waals surface area contributed by atoms with Gasteiger partial charge in [0.1, 0.15) is 0 Å². The third kappa shape index (κ3) is 1.67. The van der Waals surface area contributed by atoms with Crippen molar-refractivity contribution in [3.63, 3.8) is 0 Å². The normalized spacial score (nSPS) is 27.1. The maximum atomic E-state index is 5.25. The average Bonchev–Trinajstić information content (AvgIpc) is 2.85. The maximum absolute atomic E-state index is 5.25. The molecule has 0 aliphatic heterocycles. The van der Waals surface area contributed by atoms with E-state index in [1.807, 2.05) is 0 Å². The van der Waals surface area contributed by atoms with Crippen LogP contribution in [0, 0.1) is 5.92 Å². The Kier molecular flexibility index (Phi) is 2.13. The third-order valence-electron chi connectivity index (χ3n) is 2.50. The highest BCUT2D eigenvalue weighted by Gasteiger charge is 2.36. The van der Waals surface area contributed by atoms with Gasteiger partial charge in [0, 0.05) is 7.11 Å². The molecule has 64 valence electrons. The second kappa shape index (κ2) is 3.28. The van der Waals surface area contributed by atoms with Gasteiger partial charge < -0.3 is 4.74 Å². The van der Waals surface area contributed by atoms with E-state index in [-0.39, 0.29) is 0 Å². The van der Waals surface area contributed by atoms with E-state index in [9.17, 15) is 0 Å². The molecular weight excluding hydrogens is 148 g/mol. The lowest BCUT2D eigenvalue weighted by atomic mass is 10.1. The smallest absolute Gasteiger partial charge is 0.0607 e. The summed E-state index contributed by atoms with van der Waals surface area (Å²) in [6.07, 6.45) is 2.95. The molecule has 1 heteroatoms. The van der Waals surface area contributed by atoms with Gasteiger partial charge in [-0.1, -0.05) is 30.3 Å². The quantitative estimate of drug-likeness (QED) is 0.662. The van der Waals surface area contributed by atoms with Crippen molar-refractivity contribution in [3.05, 3.63) is 35.9 Å². The zero-order valence-electron chi connectivity index (χ0n) is 7.36. The fourth-order valence-electron chi connectivity index (χ4n) is 1.64. The SMILES string of the molecule is CO[C@@H]1C[C@H]1Cc1ccccc1. The average molecular weight is 162 g/mol. The lowest BCUT2D eigenvalue weighted by Gasteiger charge is -1.98. The van der Waals surface area contributed by atoms with Crippen LogP contribution in [0.5, 0.6) is 0 Å². The van der Waals surface area contributed by atoms with E-state index in [4.69, 9.17) is 4.74 Å². The molecular formula is C11H14O. The lowest BCUT2D eigenvalue weighted by molar-refractivity contribution is 0.169. The minimum Gasteiger partial charge on any atom is -0.381 e. The minimum absolute atomic E-state index is 0.533. The molecule has 0 saturated heterocycles. The molecule has 1 aromatic rings. The van der Waals surface area contributed by atoms with Crippen LogP contribution in [-0.2, 0) is 11.2 Å². The zero-order valence-corrected chi connectivity index (χ0v) is 7.36. The third-order valence-corrected chi connectivity index (χ3v) is 2.50. The Labute approximate surface area is 73.4 Å². The van der Waals surface area contributed by atoms with Crippen LogP contribution in [0.25, 0.3) is 0 Å². The van der Waals surface area contributed by atoms with Gasteiger partial charge in [0.15, 0.2) is 0 Å². The molecule has 1 fully saturated rings. The first-order chi connectivity index (χ1) is 5.90. The summed E-state index contributed by atoms with van der Waals surface area (Å²) >= 11 is 0. The van der Waals surface area contributed by atoms with Crippen LogP contribution in [0.1, 0.15) is 12.0 Å². The second-order valence-corrected chi connectivity index (χ2v) is 3.46. The van der Waals surface area contributed by atoms with Gasteiger partial charge >= 0.3 is 0 Å². The molecule has 2 atom stereocenters. The summed E-state index contributed by atoms with van der Waals surface area (Å²) in [6, 6.07) is 10.6. The Hall–Kier alpha value is -0.820. The second-order valence-electron chi connectivity index (χ2n) is 3.46. The van der Waals surface area contributed by atoms with Gasteiger partial charge in [0.25, 0.3) is 0 Å². The molecule has 0 unspecified atom stereocenters. The van der Waals surface area contributed by atoms with Gasteiger partial charge in [-0.15, -0.1) is 0 Å². The fourth-order valence-corrected chi connectivity index (χ4v) is 1.64. The molecule has 0 bridgehead atoms. The molecule has 1 aliphatic carbocycles. The predicted molar refractivity (Wildman–Crippen MR) is 49.1 cm³/mol. The van der Waals surface area contributed by atoms with Gasteiger partial charge in [0.05, 0.1) is 6.10 Å². The first-order valence-corrected chi connectivity index (χ1v) is 4.47.